The number of carbonyl (C=O) groups is 1. The molecule has 2 aliphatic rings. The number of ketones is 1. The second kappa shape index (κ2) is 8.19. The fourth-order valence-electron chi connectivity index (χ4n) is 4.48. The molecule has 33 heavy (non-hydrogen) atoms. The van der Waals surface area contributed by atoms with Crippen LogP contribution in [0.1, 0.15) is 43.0 Å². The van der Waals surface area contributed by atoms with Crippen LogP contribution in [0.4, 0.5) is 18.9 Å². The predicted molar refractivity (Wildman–Crippen MR) is 126 cm³/mol. The SMILES string of the molecule is CC1(C)CC(=O)C2=C(C1)N(c1ccc(Cl)cc1C(F)(F)F)C(N)=C(C#N)C2c1cc(Br)cs1. The summed E-state index contributed by atoms with van der Waals surface area (Å²) in [7, 11) is 0. The number of thiophene rings is 1. The molecule has 0 saturated carbocycles. The summed E-state index contributed by atoms with van der Waals surface area (Å²) in [6, 6.07) is 7.26. The Kier molecular flexibility index (Phi) is 5.92. The Bertz CT molecular complexity index is 1270. The van der Waals surface area contributed by atoms with Crippen LogP contribution in [0.5, 0.6) is 0 Å². The molecule has 1 aromatic carbocycles. The van der Waals surface area contributed by atoms with Crippen molar-refractivity contribution in [3.8, 4) is 6.07 Å². The number of nitrogens with two attached hydrogens (primary N) is 1. The standard InChI is InChI=1S/C23H18BrClF3N3OS/c1-22(2)7-16-20(17(32)8-22)19(18-5-11(24)10-33-18)13(9-29)21(30)31(16)15-4-3-12(25)6-14(15)23(26,27)28/h3-6,10,19H,7-8,30H2,1-2H3. The van der Waals surface area contributed by atoms with Gasteiger partial charge in [0.05, 0.1) is 28.8 Å². The summed E-state index contributed by atoms with van der Waals surface area (Å²) < 4.78 is 42.8. The molecule has 172 valence electrons. The van der Waals surface area contributed by atoms with Crippen molar-refractivity contribution in [1.82, 2.24) is 0 Å². The van der Waals surface area contributed by atoms with Gasteiger partial charge in [-0.05, 0) is 52.0 Å². The minimum Gasteiger partial charge on any atom is -0.384 e. The fraction of sp³-hybridized carbons (Fsp3) is 0.304. The van der Waals surface area contributed by atoms with Gasteiger partial charge in [0.1, 0.15) is 5.82 Å². The molecule has 4 rings (SSSR count). The third-order valence-electron chi connectivity index (χ3n) is 5.76. The monoisotopic (exact) mass is 555 g/mol. The van der Waals surface area contributed by atoms with Gasteiger partial charge in [-0.15, -0.1) is 11.3 Å². The lowest BCUT2D eigenvalue weighted by atomic mass is 9.69. The van der Waals surface area contributed by atoms with E-state index in [2.05, 4.69) is 22.0 Å². The van der Waals surface area contributed by atoms with Crippen LogP contribution in [0.3, 0.4) is 0 Å². The number of nitrogens with zero attached hydrogens (tertiary/aromatic N) is 2. The summed E-state index contributed by atoms with van der Waals surface area (Å²) in [6.07, 6.45) is -4.19. The van der Waals surface area contributed by atoms with E-state index in [1.54, 1.807) is 6.07 Å². The number of benzene rings is 1. The summed E-state index contributed by atoms with van der Waals surface area (Å²) in [6.45, 7) is 3.77. The zero-order valence-electron chi connectivity index (χ0n) is 17.6. The maximum absolute atomic E-state index is 14.0. The van der Waals surface area contributed by atoms with Crippen molar-refractivity contribution < 1.29 is 18.0 Å². The number of halogens is 5. The lowest BCUT2D eigenvalue weighted by molar-refractivity contribution is -0.137. The number of allylic oxidation sites excluding steroid dienone is 3. The first-order valence-corrected chi connectivity index (χ1v) is 12.0. The van der Waals surface area contributed by atoms with E-state index in [4.69, 9.17) is 17.3 Å². The minimum absolute atomic E-state index is 0.0410. The van der Waals surface area contributed by atoms with Crippen molar-refractivity contribution in [2.75, 3.05) is 4.90 Å². The van der Waals surface area contributed by atoms with E-state index >= 15 is 0 Å². The van der Waals surface area contributed by atoms with E-state index in [1.165, 1.54) is 28.4 Å². The molecule has 1 aliphatic heterocycles. The van der Waals surface area contributed by atoms with Gasteiger partial charge in [0.2, 0.25) is 0 Å². The number of alkyl halides is 3. The number of nitriles is 1. The van der Waals surface area contributed by atoms with Crippen LogP contribution >= 0.6 is 38.9 Å². The van der Waals surface area contributed by atoms with E-state index in [9.17, 15) is 23.2 Å². The third-order valence-corrected chi connectivity index (χ3v) is 7.75. The molecular weight excluding hydrogens is 539 g/mol. The fourth-order valence-corrected chi connectivity index (χ4v) is 6.21. The number of anilines is 1. The van der Waals surface area contributed by atoms with Gasteiger partial charge in [-0.3, -0.25) is 9.69 Å². The molecule has 0 amide bonds. The second-order valence-corrected chi connectivity index (χ2v) is 11.1. The van der Waals surface area contributed by atoms with Gasteiger partial charge in [-0.2, -0.15) is 18.4 Å². The minimum atomic E-state index is -4.72. The molecule has 1 unspecified atom stereocenters. The van der Waals surface area contributed by atoms with E-state index in [1.807, 2.05) is 19.2 Å². The van der Waals surface area contributed by atoms with Crippen molar-refractivity contribution >= 4 is 50.3 Å². The van der Waals surface area contributed by atoms with Gasteiger partial charge in [0.15, 0.2) is 5.78 Å². The largest absolute Gasteiger partial charge is 0.418 e. The Balaban J connectivity index is 2.05. The van der Waals surface area contributed by atoms with Crippen LogP contribution in [0, 0.1) is 16.7 Å². The Morgan fingerprint density at radius 2 is 2.00 bits per heavy atom. The molecule has 0 saturated heterocycles. The van der Waals surface area contributed by atoms with Crippen LogP contribution in [0.15, 0.2) is 56.8 Å². The molecule has 1 atom stereocenters. The quantitative estimate of drug-likeness (QED) is 0.427. The molecule has 4 nitrogen and oxygen atoms in total. The summed E-state index contributed by atoms with van der Waals surface area (Å²) in [5.41, 5.74) is 5.41. The molecule has 1 aromatic heterocycles. The van der Waals surface area contributed by atoms with Gasteiger partial charge in [0, 0.05) is 37.4 Å². The second-order valence-electron chi connectivity index (χ2n) is 8.81. The van der Waals surface area contributed by atoms with E-state index in [-0.39, 0.29) is 34.3 Å². The molecule has 2 N–H and O–H groups in total. The van der Waals surface area contributed by atoms with Gasteiger partial charge in [-0.25, -0.2) is 0 Å². The van der Waals surface area contributed by atoms with Crippen LogP contribution in [-0.4, -0.2) is 5.78 Å². The summed E-state index contributed by atoms with van der Waals surface area (Å²) in [5, 5.41) is 11.8. The van der Waals surface area contributed by atoms with Crippen molar-refractivity contribution in [3.63, 3.8) is 0 Å². The summed E-state index contributed by atoms with van der Waals surface area (Å²) >= 11 is 10.6. The van der Waals surface area contributed by atoms with Crippen LogP contribution in [0.2, 0.25) is 5.02 Å². The van der Waals surface area contributed by atoms with Crippen molar-refractivity contribution in [2.45, 2.75) is 38.8 Å². The predicted octanol–water partition coefficient (Wildman–Crippen LogP) is 7.12. The number of hydrogen-bond donors (Lipinski definition) is 1. The average Bonchev–Trinajstić information content (AvgIpc) is 3.12. The molecule has 0 fully saturated rings. The maximum Gasteiger partial charge on any atom is 0.418 e. The van der Waals surface area contributed by atoms with Crippen LogP contribution in [0.25, 0.3) is 0 Å². The summed E-state index contributed by atoms with van der Waals surface area (Å²) in [4.78, 5) is 15.4. The lowest BCUT2D eigenvalue weighted by Crippen LogP contribution is -2.42. The molecule has 0 radical (unpaired) electrons. The van der Waals surface area contributed by atoms with E-state index in [0.717, 1.165) is 10.5 Å². The first-order chi connectivity index (χ1) is 15.3. The van der Waals surface area contributed by atoms with Crippen molar-refractivity contribution in [1.29, 1.82) is 5.26 Å². The Hall–Kier alpha value is -2.28. The summed E-state index contributed by atoms with van der Waals surface area (Å²) in [5.74, 6) is -1.06. The third kappa shape index (κ3) is 4.20. The zero-order valence-corrected chi connectivity index (χ0v) is 20.7. The van der Waals surface area contributed by atoms with Gasteiger partial charge >= 0.3 is 6.18 Å². The Labute approximate surface area is 206 Å². The highest BCUT2D eigenvalue weighted by Crippen LogP contribution is 2.52. The molecule has 10 heteroatoms. The topological polar surface area (TPSA) is 70.1 Å². The highest BCUT2D eigenvalue weighted by molar-refractivity contribution is 9.10. The average molecular weight is 557 g/mol. The smallest absolute Gasteiger partial charge is 0.384 e. The number of rotatable bonds is 2. The molecule has 0 spiro atoms. The molecular formula is C23H18BrClF3N3OS. The van der Waals surface area contributed by atoms with Crippen LogP contribution in [-0.2, 0) is 11.0 Å². The normalized spacial score (nSPS) is 20.7. The van der Waals surface area contributed by atoms with Crippen molar-refractivity contribution in [2.24, 2.45) is 11.1 Å². The first kappa shape index (κ1) is 23.9. The first-order valence-electron chi connectivity index (χ1n) is 9.91. The zero-order chi connectivity index (χ0) is 24.3. The van der Waals surface area contributed by atoms with Gasteiger partial charge in [-0.1, -0.05) is 25.4 Å². The van der Waals surface area contributed by atoms with Crippen molar-refractivity contribution in [3.05, 3.63) is 72.2 Å². The van der Waals surface area contributed by atoms with E-state index < -0.39 is 23.1 Å². The maximum atomic E-state index is 14.0. The molecule has 2 aromatic rings. The number of hydrogen-bond acceptors (Lipinski definition) is 5. The number of carbonyl (C=O) groups excluding carboxylic acids is 1. The highest BCUT2D eigenvalue weighted by atomic mass is 79.9. The van der Waals surface area contributed by atoms with Gasteiger partial charge in [0.25, 0.3) is 0 Å². The Morgan fingerprint density at radius 1 is 1.30 bits per heavy atom. The molecule has 2 heterocycles. The van der Waals surface area contributed by atoms with Gasteiger partial charge < -0.3 is 5.73 Å². The Morgan fingerprint density at radius 3 is 2.58 bits per heavy atom. The highest BCUT2D eigenvalue weighted by Gasteiger charge is 2.46. The lowest BCUT2D eigenvalue weighted by Gasteiger charge is -2.44. The van der Waals surface area contributed by atoms with E-state index in [0.29, 0.717) is 22.6 Å². The van der Waals surface area contributed by atoms with Crippen LogP contribution < -0.4 is 10.6 Å². The molecule has 1 aliphatic carbocycles. The molecule has 0 bridgehead atoms. The number of Topliss-reactive ketones (excluding diaryl/α,β-unsaturated/α-hetero) is 1.